The fraction of sp³-hybridized carbons (Fsp3) is 1.00. The summed E-state index contributed by atoms with van der Waals surface area (Å²) in [6.45, 7) is 11.2. The van der Waals surface area contributed by atoms with Crippen molar-refractivity contribution in [2.24, 2.45) is 11.3 Å². The molecule has 0 bridgehead atoms. The van der Waals surface area contributed by atoms with Gasteiger partial charge in [0, 0.05) is 16.6 Å². The van der Waals surface area contributed by atoms with E-state index in [4.69, 9.17) is 20.2 Å². The maximum atomic E-state index is 11.2. The van der Waals surface area contributed by atoms with E-state index >= 15 is 0 Å². The van der Waals surface area contributed by atoms with E-state index in [1.807, 2.05) is 34.6 Å². The van der Waals surface area contributed by atoms with Gasteiger partial charge in [-0.25, -0.2) is 8.42 Å². The minimum Gasteiger partial charge on any atom is -0.379 e. The van der Waals surface area contributed by atoms with Gasteiger partial charge < -0.3 is 9.47 Å². The Morgan fingerprint density at radius 2 is 1.72 bits per heavy atom. The van der Waals surface area contributed by atoms with Gasteiger partial charge in [0.05, 0.1) is 31.7 Å². The van der Waals surface area contributed by atoms with Crippen molar-refractivity contribution in [2.75, 3.05) is 25.6 Å². The zero-order valence-electron chi connectivity index (χ0n) is 11.9. The third-order valence-electron chi connectivity index (χ3n) is 2.62. The molecule has 0 aromatic rings. The highest BCUT2D eigenvalue weighted by Gasteiger charge is 2.29. The lowest BCUT2D eigenvalue weighted by Crippen LogP contribution is -2.31. The van der Waals surface area contributed by atoms with Crippen LogP contribution in [0, 0.1) is 11.3 Å². The maximum absolute atomic E-state index is 11.2. The Bertz CT molecular complexity index is 319. The van der Waals surface area contributed by atoms with Gasteiger partial charge in [0.25, 0.3) is 0 Å². The SMILES string of the molecule is CC(C)OCCOCC(CS(=O)(=O)Cl)C(C)(C)C. The first kappa shape index (κ1) is 18.2. The molecule has 0 saturated carbocycles. The summed E-state index contributed by atoms with van der Waals surface area (Å²) in [6.07, 6.45) is 0.176. The smallest absolute Gasteiger partial charge is 0.232 e. The lowest BCUT2D eigenvalue weighted by Gasteiger charge is -2.29. The summed E-state index contributed by atoms with van der Waals surface area (Å²) in [5.74, 6) is -0.192. The molecule has 6 heteroatoms. The molecule has 0 fully saturated rings. The predicted octanol–water partition coefficient (Wildman–Crippen LogP) is 2.66. The fourth-order valence-corrected chi connectivity index (χ4v) is 2.89. The lowest BCUT2D eigenvalue weighted by atomic mass is 9.82. The Morgan fingerprint density at radius 1 is 1.17 bits per heavy atom. The third-order valence-corrected chi connectivity index (χ3v) is 3.80. The number of hydrogen-bond acceptors (Lipinski definition) is 4. The van der Waals surface area contributed by atoms with Crippen molar-refractivity contribution in [1.82, 2.24) is 0 Å². The van der Waals surface area contributed by atoms with Crippen LogP contribution in [0.25, 0.3) is 0 Å². The largest absolute Gasteiger partial charge is 0.379 e. The second-order valence-electron chi connectivity index (χ2n) is 5.76. The average molecular weight is 301 g/mol. The summed E-state index contributed by atoms with van der Waals surface area (Å²) in [4.78, 5) is 0. The van der Waals surface area contributed by atoms with Crippen molar-refractivity contribution < 1.29 is 17.9 Å². The summed E-state index contributed by atoms with van der Waals surface area (Å²) >= 11 is 0. The Hall–Kier alpha value is 0.160. The molecule has 0 rings (SSSR count). The standard InChI is InChI=1S/C12H25ClO4S/c1-10(2)17-7-6-16-8-11(12(3,4)5)9-18(13,14)15/h10-11H,6-9H2,1-5H3. The van der Waals surface area contributed by atoms with Crippen molar-refractivity contribution >= 4 is 19.7 Å². The van der Waals surface area contributed by atoms with E-state index in [0.29, 0.717) is 19.8 Å². The Labute approximate surface area is 115 Å². The van der Waals surface area contributed by atoms with E-state index in [2.05, 4.69) is 0 Å². The topological polar surface area (TPSA) is 52.6 Å². The summed E-state index contributed by atoms with van der Waals surface area (Å²) in [5.41, 5.74) is -0.166. The molecule has 0 heterocycles. The summed E-state index contributed by atoms with van der Waals surface area (Å²) in [5, 5.41) is 0. The van der Waals surface area contributed by atoms with E-state index in [9.17, 15) is 8.42 Å². The van der Waals surface area contributed by atoms with Crippen LogP contribution in [0.15, 0.2) is 0 Å². The first-order chi connectivity index (χ1) is 8.02. The third kappa shape index (κ3) is 10.1. The molecule has 1 unspecified atom stereocenters. The minimum absolute atomic E-state index is 0.0664. The van der Waals surface area contributed by atoms with Crippen LogP contribution in [0.5, 0.6) is 0 Å². The van der Waals surface area contributed by atoms with Gasteiger partial charge in [0.15, 0.2) is 0 Å². The van der Waals surface area contributed by atoms with E-state index in [1.165, 1.54) is 0 Å². The number of ether oxygens (including phenoxy) is 2. The fourth-order valence-electron chi connectivity index (χ4n) is 1.36. The van der Waals surface area contributed by atoms with Crippen molar-refractivity contribution in [2.45, 2.75) is 40.7 Å². The van der Waals surface area contributed by atoms with Crippen molar-refractivity contribution in [3.05, 3.63) is 0 Å². The lowest BCUT2D eigenvalue weighted by molar-refractivity contribution is -0.0000136. The predicted molar refractivity (Wildman–Crippen MR) is 74.5 cm³/mol. The molecular weight excluding hydrogens is 276 g/mol. The van der Waals surface area contributed by atoms with E-state index in [0.717, 1.165) is 0 Å². The van der Waals surface area contributed by atoms with E-state index < -0.39 is 9.05 Å². The van der Waals surface area contributed by atoms with Gasteiger partial charge in [0.2, 0.25) is 9.05 Å². The number of hydrogen-bond donors (Lipinski definition) is 0. The van der Waals surface area contributed by atoms with Crippen LogP contribution in [-0.2, 0) is 18.5 Å². The molecule has 0 aliphatic rings. The van der Waals surface area contributed by atoms with E-state index in [1.54, 1.807) is 0 Å². The normalized spacial score (nSPS) is 15.1. The summed E-state index contributed by atoms with van der Waals surface area (Å²) in [7, 11) is 1.81. The molecule has 110 valence electrons. The van der Waals surface area contributed by atoms with E-state index in [-0.39, 0.29) is 23.2 Å². The molecule has 4 nitrogen and oxygen atoms in total. The highest BCUT2D eigenvalue weighted by atomic mass is 35.7. The highest BCUT2D eigenvalue weighted by Crippen LogP contribution is 2.28. The second kappa shape index (κ2) is 7.68. The zero-order chi connectivity index (χ0) is 14.4. The van der Waals surface area contributed by atoms with Crippen LogP contribution >= 0.6 is 10.7 Å². The number of rotatable bonds is 8. The van der Waals surface area contributed by atoms with Crippen LogP contribution in [0.1, 0.15) is 34.6 Å². The van der Waals surface area contributed by atoms with Gasteiger partial charge in [0.1, 0.15) is 0 Å². The molecule has 0 aliphatic carbocycles. The monoisotopic (exact) mass is 300 g/mol. The van der Waals surface area contributed by atoms with Crippen LogP contribution in [0.3, 0.4) is 0 Å². The van der Waals surface area contributed by atoms with Gasteiger partial charge >= 0.3 is 0 Å². The molecule has 18 heavy (non-hydrogen) atoms. The summed E-state index contributed by atoms with van der Waals surface area (Å²) in [6, 6.07) is 0. The van der Waals surface area contributed by atoms with Crippen molar-refractivity contribution in [3.8, 4) is 0 Å². The van der Waals surface area contributed by atoms with Gasteiger partial charge in [-0.1, -0.05) is 20.8 Å². The summed E-state index contributed by atoms with van der Waals surface area (Å²) < 4.78 is 33.1. The van der Waals surface area contributed by atoms with Gasteiger partial charge in [-0.05, 0) is 19.3 Å². The molecule has 0 radical (unpaired) electrons. The molecule has 0 aromatic heterocycles. The molecule has 0 saturated heterocycles. The zero-order valence-corrected chi connectivity index (χ0v) is 13.5. The quantitative estimate of drug-likeness (QED) is 0.511. The first-order valence-electron chi connectivity index (χ1n) is 6.14. The van der Waals surface area contributed by atoms with Crippen molar-refractivity contribution in [3.63, 3.8) is 0 Å². The highest BCUT2D eigenvalue weighted by molar-refractivity contribution is 8.13. The molecule has 0 spiro atoms. The van der Waals surface area contributed by atoms with Crippen LogP contribution in [0.4, 0.5) is 0 Å². The Kier molecular flexibility index (Phi) is 7.75. The first-order valence-corrected chi connectivity index (χ1v) is 8.62. The molecule has 0 aromatic carbocycles. The molecule has 0 amide bonds. The Balaban J connectivity index is 4.12. The molecule has 0 N–H and O–H groups in total. The van der Waals surface area contributed by atoms with Gasteiger partial charge in [-0.3, -0.25) is 0 Å². The second-order valence-corrected chi connectivity index (χ2v) is 8.58. The Morgan fingerprint density at radius 3 is 2.11 bits per heavy atom. The molecular formula is C12H25ClO4S. The van der Waals surface area contributed by atoms with Crippen molar-refractivity contribution in [1.29, 1.82) is 0 Å². The van der Waals surface area contributed by atoms with Gasteiger partial charge in [-0.2, -0.15) is 0 Å². The minimum atomic E-state index is -3.50. The van der Waals surface area contributed by atoms with Gasteiger partial charge in [-0.15, -0.1) is 0 Å². The van der Waals surface area contributed by atoms with Crippen LogP contribution in [0.2, 0.25) is 0 Å². The maximum Gasteiger partial charge on any atom is 0.232 e. The molecule has 0 aliphatic heterocycles. The number of halogens is 1. The van der Waals surface area contributed by atoms with Crippen LogP contribution < -0.4 is 0 Å². The van der Waals surface area contributed by atoms with Crippen LogP contribution in [-0.4, -0.2) is 40.1 Å². The molecule has 1 atom stereocenters. The average Bonchev–Trinajstić information content (AvgIpc) is 2.11.